The zero-order valence-corrected chi connectivity index (χ0v) is 21.9. The van der Waals surface area contributed by atoms with Crippen LogP contribution < -0.4 is 19.3 Å². The molecule has 2 atom stereocenters. The van der Waals surface area contributed by atoms with E-state index in [0.717, 1.165) is 43.5 Å². The average molecular weight is 515 g/mol. The molecular weight excluding hydrogens is 475 g/mol. The predicted molar refractivity (Wildman–Crippen MR) is 143 cm³/mol. The molecule has 2 aromatic rings. The predicted octanol–water partition coefficient (Wildman–Crippen LogP) is 5.51. The molecule has 0 aliphatic carbocycles. The topological polar surface area (TPSA) is 71.5 Å². The van der Waals surface area contributed by atoms with E-state index < -0.39 is 5.97 Å². The SMILES string of the molecule is CCCCO[C@@H]1C[C@H](CC(=O)O)N(c2ccc(OC3CCN(c4cc(OCC)ccc4F)CC3)cc2)C1. The van der Waals surface area contributed by atoms with Crippen LogP contribution >= 0.6 is 0 Å². The summed E-state index contributed by atoms with van der Waals surface area (Å²) in [5.74, 6) is 0.441. The highest BCUT2D eigenvalue weighted by Gasteiger charge is 2.34. The molecule has 2 aliphatic heterocycles. The molecule has 8 heteroatoms. The summed E-state index contributed by atoms with van der Waals surface area (Å²) in [6, 6.07) is 12.7. The molecular formula is C29H39FN2O5. The van der Waals surface area contributed by atoms with Gasteiger partial charge in [-0.3, -0.25) is 4.79 Å². The van der Waals surface area contributed by atoms with Crippen LogP contribution in [0.2, 0.25) is 0 Å². The number of carboxylic acids is 1. The number of anilines is 2. The summed E-state index contributed by atoms with van der Waals surface area (Å²) in [5, 5.41) is 9.39. The van der Waals surface area contributed by atoms with Gasteiger partial charge in [0, 0.05) is 56.9 Å². The maximum absolute atomic E-state index is 14.4. The van der Waals surface area contributed by atoms with Crippen LogP contribution in [0.1, 0.15) is 52.4 Å². The first-order valence-corrected chi connectivity index (χ1v) is 13.5. The fourth-order valence-corrected chi connectivity index (χ4v) is 5.21. The van der Waals surface area contributed by atoms with E-state index in [2.05, 4.69) is 16.7 Å². The molecule has 7 nitrogen and oxygen atoms in total. The molecule has 0 amide bonds. The second-order valence-corrected chi connectivity index (χ2v) is 9.83. The molecule has 1 N–H and O–H groups in total. The largest absolute Gasteiger partial charge is 0.494 e. The summed E-state index contributed by atoms with van der Waals surface area (Å²) < 4.78 is 32.2. The summed E-state index contributed by atoms with van der Waals surface area (Å²) in [7, 11) is 0. The molecule has 0 bridgehead atoms. The average Bonchev–Trinajstić information content (AvgIpc) is 3.28. The van der Waals surface area contributed by atoms with E-state index >= 15 is 0 Å². The van der Waals surface area contributed by atoms with Crippen LogP contribution in [0.4, 0.5) is 15.8 Å². The number of nitrogens with zero attached hydrogens (tertiary/aromatic N) is 2. The van der Waals surface area contributed by atoms with Gasteiger partial charge in [0.05, 0.1) is 24.8 Å². The molecule has 2 saturated heterocycles. The van der Waals surface area contributed by atoms with E-state index in [1.807, 2.05) is 31.2 Å². The van der Waals surface area contributed by atoms with Gasteiger partial charge in [-0.05, 0) is 56.2 Å². The molecule has 4 rings (SSSR count). The van der Waals surface area contributed by atoms with Gasteiger partial charge < -0.3 is 29.1 Å². The van der Waals surface area contributed by atoms with Crippen molar-refractivity contribution in [2.75, 3.05) is 42.6 Å². The second-order valence-electron chi connectivity index (χ2n) is 9.83. The van der Waals surface area contributed by atoms with Crippen molar-refractivity contribution < 1.29 is 28.5 Å². The van der Waals surface area contributed by atoms with Crippen molar-refractivity contribution in [2.24, 2.45) is 0 Å². The molecule has 2 heterocycles. The lowest BCUT2D eigenvalue weighted by molar-refractivity contribution is -0.137. The number of aliphatic carboxylic acids is 1. The van der Waals surface area contributed by atoms with Crippen LogP contribution in [-0.4, -0.2) is 62.2 Å². The Bertz CT molecular complexity index is 1010. The Kier molecular flexibility index (Phi) is 9.50. The van der Waals surface area contributed by atoms with E-state index in [9.17, 15) is 14.3 Å². The van der Waals surface area contributed by atoms with Gasteiger partial charge >= 0.3 is 5.97 Å². The van der Waals surface area contributed by atoms with Gasteiger partial charge in [-0.15, -0.1) is 0 Å². The van der Waals surface area contributed by atoms with Gasteiger partial charge in [0.2, 0.25) is 0 Å². The molecule has 0 radical (unpaired) electrons. The smallest absolute Gasteiger partial charge is 0.305 e. The number of carboxylic acid groups (broad SMARTS) is 1. The summed E-state index contributed by atoms with van der Waals surface area (Å²) >= 11 is 0. The maximum atomic E-state index is 14.4. The van der Waals surface area contributed by atoms with Gasteiger partial charge in [-0.2, -0.15) is 0 Å². The third-order valence-electron chi connectivity index (χ3n) is 7.12. The minimum absolute atomic E-state index is 0.0519. The molecule has 0 saturated carbocycles. The monoisotopic (exact) mass is 514 g/mol. The Morgan fingerprint density at radius 3 is 2.46 bits per heavy atom. The Balaban J connectivity index is 1.32. The number of rotatable bonds is 12. The number of carbonyl (C=O) groups is 1. The van der Waals surface area contributed by atoms with E-state index in [0.29, 0.717) is 44.3 Å². The van der Waals surface area contributed by atoms with Crippen molar-refractivity contribution in [1.29, 1.82) is 0 Å². The minimum Gasteiger partial charge on any atom is -0.494 e. The Labute approximate surface area is 219 Å². The van der Waals surface area contributed by atoms with Crippen molar-refractivity contribution in [3.05, 3.63) is 48.3 Å². The van der Waals surface area contributed by atoms with Crippen LogP contribution in [-0.2, 0) is 9.53 Å². The molecule has 2 fully saturated rings. The second kappa shape index (κ2) is 13.0. The highest BCUT2D eigenvalue weighted by atomic mass is 19.1. The lowest BCUT2D eigenvalue weighted by Crippen LogP contribution is -2.38. The van der Waals surface area contributed by atoms with Gasteiger partial charge in [-0.1, -0.05) is 13.3 Å². The quantitative estimate of drug-likeness (QED) is 0.375. The fourth-order valence-electron chi connectivity index (χ4n) is 5.21. The molecule has 0 aromatic heterocycles. The molecule has 0 spiro atoms. The zero-order valence-electron chi connectivity index (χ0n) is 21.9. The zero-order chi connectivity index (χ0) is 26.2. The van der Waals surface area contributed by atoms with E-state index in [1.165, 1.54) is 6.07 Å². The number of benzene rings is 2. The van der Waals surface area contributed by atoms with Crippen LogP contribution in [0.15, 0.2) is 42.5 Å². The van der Waals surface area contributed by atoms with Gasteiger partial charge in [-0.25, -0.2) is 4.39 Å². The van der Waals surface area contributed by atoms with Crippen LogP contribution in [0.3, 0.4) is 0 Å². The molecule has 2 aliphatic rings. The van der Waals surface area contributed by atoms with Crippen molar-refractivity contribution in [1.82, 2.24) is 0 Å². The third kappa shape index (κ3) is 7.28. The van der Waals surface area contributed by atoms with Crippen molar-refractivity contribution >= 4 is 17.3 Å². The number of hydrogen-bond donors (Lipinski definition) is 1. The van der Waals surface area contributed by atoms with Gasteiger partial charge in [0.15, 0.2) is 0 Å². The maximum Gasteiger partial charge on any atom is 0.305 e. The Morgan fingerprint density at radius 2 is 1.78 bits per heavy atom. The highest BCUT2D eigenvalue weighted by molar-refractivity contribution is 5.69. The molecule has 0 unspecified atom stereocenters. The number of piperidine rings is 1. The molecule has 202 valence electrons. The first kappa shape index (κ1) is 27.0. The third-order valence-corrected chi connectivity index (χ3v) is 7.12. The van der Waals surface area contributed by atoms with Gasteiger partial charge in [0.1, 0.15) is 23.4 Å². The van der Waals surface area contributed by atoms with E-state index in [-0.39, 0.29) is 30.5 Å². The molecule has 2 aromatic carbocycles. The number of hydrogen-bond acceptors (Lipinski definition) is 6. The first-order chi connectivity index (χ1) is 18.0. The summed E-state index contributed by atoms with van der Waals surface area (Å²) in [6.07, 6.45) is 4.61. The van der Waals surface area contributed by atoms with Crippen LogP contribution in [0, 0.1) is 5.82 Å². The van der Waals surface area contributed by atoms with Crippen molar-refractivity contribution in [2.45, 2.75) is 70.6 Å². The summed E-state index contributed by atoms with van der Waals surface area (Å²) in [6.45, 7) is 7.42. The fraction of sp³-hybridized carbons (Fsp3) is 0.552. The lowest BCUT2D eigenvalue weighted by Gasteiger charge is -2.34. The summed E-state index contributed by atoms with van der Waals surface area (Å²) in [5.41, 5.74) is 1.56. The van der Waals surface area contributed by atoms with Crippen LogP contribution in [0.25, 0.3) is 0 Å². The first-order valence-electron chi connectivity index (χ1n) is 13.5. The normalized spacial score (nSPS) is 20.3. The number of unbranched alkanes of at least 4 members (excludes halogenated alkanes) is 1. The standard InChI is InChI=1S/C29H39FN2O5/c1-3-5-16-36-26-17-22(18-29(33)34)32(20-26)21-6-8-23(9-7-21)37-24-12-14-31(15-13-24)28-19-25(35-4-2)10-11-27(28)30/h6-11,19,22,24,26H,3-5,12-18,20H2,1-2H3,(H,33,34)/t22-,26-/m1/s1. The van der Waals surface area contributed by atoms with E-state index in [4.69, 9.17) is 14.2 Å². The van der Waals surface area contributed by atoms with Crippen LogP contribution in [0.5, 0.6) is 11.5 Å². The Morgan fingerprint density at radius 1 is 1.05 bits per heavy atom. The highest BCUT2D eigenvalue weighted by Crippen LogP contribution is 2.32. The number of halogens is 1. The lowest BCUT2D eigenvalue weighted by atomic mass is 10.1. The minimum atomic E-state index is -0.792. The van der Waals surface area contributed by atoms with E-state index in [1.54, 1.807) is 12.1 Å². The molecule has 37 heavy (non-hydrogen) atoms. The van der Waals surface area contributed by atoms with Gasteiger partial charge in [0.25, 0.3) is 0 Å². The number of ether oxygens (including phenoxy) is 3. The van der Waals surface area contributed by atoms with Crippen molar-refractivity contribution in [3.63, 3.8) is 0 Å². The summed E-state index contributed by atoms with van der Waals surface area (Å²) in [4.78, 5) is 15.6. The Hall–Kier alpha value is -3.00. The van der Waals surface area contributed by atoms with Crippen molar-refractivity contribution in [3.8, 4) is 11.5 Å².